The number of allylic oxidation sites excluding steroid dienone is 1. The molecule has 1 fully saturated rings. The van der Waals surface area contributed by atoms with Crippen molar-refractivity contribution in [3.05, 3.63) is 12.2 Å². The summed E-state index contributed by atoms with van der Waals surface area (Å²) in [4.78, 5) is 0. The molecule has 1 N–H and O–H groups in total. The Hall–Kier alpha value is -0.340. The topological polar surface area (TPSA) is 21.3 Å². The maximum Gasteiger partial charge on any atom is 0.0619 e. The van der Waals surface area contributed by atoms with Crippen molar-refractivity contribution in [1.29, 1.82) is 0 Å². The zero-order valence-electron chi connectivity index (χ0n) is 8.17. The highest BCUT2D eigenvalue weighted by Crippen LogP contribution is 2.13. The number of hydrogen-bond donors (Lipinski definition) is 1. The van der Waals surface area contributed by atoms with Gasteiger partial charge < -0.3 is 10.1 Å². The fourth-order valence-corrected chi connectivity index (χ4v) is 2.13. The molecule has 2 heteroatoms. The maximum absolute atomic E-state index is 5.44. The third-order valence-electron chi connectivity index (χ3n) is 2.86. The summed E-state index contributed by atoms with van der Waals surface area (Å²) in [6, 6.07) is 1.21. The molecule has 2 aliphatic rings. The molecule has 2 nitrogen and oxygen atoms in total. The third-order valence-corrected chi connectivity index (χ3v) is 2.86. The van der Waals surface area contributed by atoms with Crippen molar-refractivity contribution in [3.8, 4) is 0 Å². The molecule has 0 bridgehead atoms. The summed E-state index contributed by atoms with van der Waals surface area (Å²) in [5.74, 6) is 0. The van der Waals surface area contributed by atoms with E-state index in [0.29, 0.717) is 12.1 Å². The predicted octanol–water partition coefficient (Wildman–Crippen LogP) is 1.86. The molecule has 0 saturated carbocycles. The molecule has 2 rings (SSSR count). The number of rotatable bonds is 2. The molecule has 2 atom stereocenters. The summed E-state index contributed by atoms with van der Waals surface area (Å²) >= 11 is 0. The molecule has 2 unspecified atom stereocenters. The Bertz CT molecular complexity index is 173. The van der Waals surface area contributed by atoms with E-state index in [1.165, 1.54) is 32.1 Å². The molecule has 1 aliphatic carbocycles. The van der Waals surface area contributed by atoms with Gasteiger partial charge in [-0.15, -0.1) is 0 Å². The van der Waals surface area contributed by atoms with Gasteiger partial charge in [-0.3, -0.25) is 0 Å². The quantitative estimate of drug-likeness (QED) is 0.657. The maximum atomic E-state index is 5.44. The van der Waals surface area contributed by atoms with Crippen LogP contribution < -0.4 is 5.32 Å². The van der Waals surface area contributed by atoms with Gasteiger partial charge in [0.05, 0.1) is 6.61 Å². The van der Waals surface area contributed by atoms with Crippen LogP contribution in [0.15, 0.2) is 12.2 Å². The van der Waals surface area contributed by atoms with Gasteiger partial charge in [-0.1, -0.05) is 12.2 Å². The Morgan fingerprint density at radius 3 is 2.92 bits per heavy atom. The Balaban J connectivity index is 1.75. The molecule has 0 aromatic rings. The van der Waals surface area contributed by atoms with Gasteiger partial charge >= 0.3 is 0 Å². The van der Waals surface area contributed by atoms with Crippen molar-refractivity contribution in [2.45, 2.75) is 44.2 Å². The minimum Gasteiger partial charge on any atom is -0.380 e. The van der Waals surface area contributed by atoms with Crippen molar-refractivity contribution in [2.75, 3.05) is 13.2 Å². The van der Waals surface area contributed by atoms with Crippen molar-refractivity contribution < 1.29 is 4.74 Å². The highest BCUT2D eigenvalue weighted by molar-refractivity contribution is 4.98. The lowest BCUT2D eigenvalue weighted by molar-refractivity contribution is 0.0676. The molecule has 1 saturated heterocycles. The van der Waals surface area contributed by atoms with Crippen LogP contribution in [0.1, 0.15) is 32.1 Å². The van der Waals surface area contributed by atoms with Crippen LogP contribution in [0.3, 0.4) is 0 Å². The van der Waals surface area contributed by atoms with E-state index in [-0.39, 0.29) is 0 Å². The number of ether oxygens (including phenoxy) is 1. The van der Waals surface area contributed by atoms with Gasteiger partial charge in [-0.05, 0) is 32.1 Å². The Labute approximate surface area is 80.4 Å². The second-order valence-corrected chi connectivity index (χ2v) is 4.05. The van der Waals surface area contributed by atoms with Crippen LogP contribution in [0.4, 0.5) is 0 Å². The lowest BCUT2D eigenvalue weighted by Crippen LogP contribution is -2.42. The van der Waals surface area contributed by atoms with Gasteiger partial charge in [-0.2, -0.15) is 0 Å². The summed E-state index contributed by atoms with van der Waals surface area (Å²) in [6.45, 7) is 1.86. The molecular weight excluding hydrogens is 162 g/mol. The normalized spacial score (nSPS) is 34.8. The standard InChI is InChI=1S/C11H19NO/c1-2-5-10(6-3-1)12-11-7-4-8-13-9-11/h2,5,10-12H,1,3-4,6-9H2. The first-order valence-corrected chi connectivity index (χ1v) is 5.45. The predicted molar refractivity (Wildman–Crippen MR) is 53.8 cm³/mol. The first kappa shape index (κ1) is 9.22. The Kier molecular flexibility index (Phi) is 3.39. The lowest BCUT2D eigenvalue weighted by atomic mass is 10.0. The monoisotopic (exact) mass is 181 g/mol. The Morgan fingerprint density at radius 2 is 2.23 bits per heavy atom. The smallest absolute Gasteiger partial charge is 0.0619 e. The second-order valence-electron chi connectivity index (χ2n) is 4.05. The van der Waals surface area contributed by atoms with E-state index in [1.54, 1.807) is 0 Å². The van der Waals surface area contributed by atoms with Crippen LogP contribution in [0.25, 0.3) is 0 Å². The Morgan fingerprint density at radius 1 is 1.23 bits per heavy atom. The first-order chi connectivity index (χ1) is 6.45. The molecule has 0 amide bonds. The minimum absolute atomic E-state index is 0.599. The molecular formula is C11H19NO. The molecule has 1 heterocycles. The minimum atomic E-state index is 0.599. The molecule has 1 aliphatic heterocycles. The molecule has 0 spiro atoms. The van der Waals surface area contributed by atoms with Crippen molar-refractivity contribution in [1.82, 2.24) is 5.32 Å². The van der Waals surface area contributed by atoms with E-state index < -0.39 is 0 Å². The largest absolute Gasteiger partial charge is 0.380 e. The molecule has 0 aromatic heterocycles. The van der Waals surface area contributed by atoms with Gasteiger partial charge in [0.25, 0.3) is 0 Å². The molecule has 13 heavy (non-hydrogen) atoms. The highest BCUT2D eigenvalue weighted by Gasteiger charge is 2.17. The van der Waals surface area contributed by atoms with E-state index in [1.807, 2.05) is 0 Å². The van der Waals surface area contributed by atoms with Crippen LogP contribution in [0.2, 0.25) is 0 Å². The summed E-state index contributed by atoms with van der Waals surface area (Å²) in [5, 5.41) is 3.65. The molecule has 0 radical (unpaired) electrons. The van der Waals surface area contributed by atoms with E-state index in [9.17, 15) is 0 Å². The van der Waals surface area contributed by atoms with Gasteiger partial charge in [0.1, 0.15) is 0 Å². The fourth-order valence-electron chi connectivity index (χ4n) is 2.13. The van der Waals surface area contributed by atoms with Gasteiger partial charge in [-0.25, -0.2) is 0 Å². The van der Waals surface area contributed by atoms with Crippen LogP contribution in [-0.2, 0) is 4.74 Å². The zero-order valence-corrected chi connectivity index (χ0v) is 8.17. The van der Waals surface area contributed by atoms with Crippen molar-refractivity contribution >= 4 is 0 Å². The van der Waals surface area contributed by atoms with E-state index >= 15 is 0 Å². The van der Waals surface area contributed by atoms with Crippen LogP contribution in [0, 0.1) is 0 Å². The van der Waals surface area contributed by atoms with Gasteiger partial charge in [0.15, 0.2) is 0 Å². The first-order valence-electron chi connectivity index (χ1n) is 5.45. The second kappa shape index (κ2) is 4.77. The van der Waals surface area contributed by atoms with E-state index in [4.69, 9.17) is 4.74 Å². The van der Waals surface area contributed by atoms with E-state index in [2.05, 4.69) is 17.5 Å². The van der Waals surface area contributed by atoms with Gasteiger partial charge in [0, 0.05) is 18.7 Å². The average molecular weight is 181 g/mol. The fraction of sp³-hybridized carbons (Fsp3) is 0.818. The number of nitrogens with one attached hydrogen (secondary N) is 1. The summed E-state index contributed by atoms with van der Waals surface area (Å²) in [6.07, 6.45) is 11.0. The lowest BCUT2D eigenvalue weighted by Gasteiger charge is -2.28. The summed E-state index contributed by atoms with van der Waals surface area (Å²) in [7, 11) is 0. The van der Waals surface area contributed by atoms with Crippen LogP contribution >= 0.6 is 0 Å². The highest BCUT2D eigenvalue weighted by atomic mass is 16.5. The molecule has 74 valence electrons. The average Bonchev–Trinajstić information content (AvgIpc) is 2.21. The van der Waals surface area contributed by atoms with E-state index in [0.717, 1.165) is 13.2 Å². The third kappa shape index (κ3) is 2.82. The van der Waals surface area contributed by atoms with Crippen molar-refractivity contribution in [3.63, 3.8) is 0 Å². The molecule has 0 aromatic carbocycles. The zero-order chi connectivity index (χ0) is 8.93. The summed E-state index contributed by atoms with van der Waals surface area (Å²) < 4.78 is 5.44. The number of hydrogen-bond acceptors (Lipinski definition) is 2. The summed E-state index contributed by atoms with van der Waals surface area (Å²) in [5.41, 5.74) is 0. The van der Waals surface area contributed by atoms with Gasteiger partial charge in [0.2, 0.25) is 0 Å². The van der Waals surface area contributed by atoms with Crippen LogP contribution in [0.5, 0.6) is 0 Å². The van der Waals surface area contributed by atoms with Crippen molar-refractivity contribution in [2.24, 2.45) is 0 Å². The van der Waals surface area contributed by atoms with Crippen LogP contribution in [-0.4, -0.2) is 25.3 Å². The SMILES string of the molecule is C1=CC(NC2CCCOC2)CCC1.